The number of nitrogens with zero attached hydrogens (tertiary/aromatic N) is 2. The maximum atomic E-state index is 12.2. The zero-order valence-corrected chi connectivity index (χ0v) is 15.0. The topological polar surface area (TPSA) is 65.4 Å². The molecular formula is C16H20BrN3O3. The summed E-state index contributed by atoms with van der Waals surface area (Å²) < 4.78 is 13.2. The van der Waals surface area contributed by atoms with Gasteiger partial charge >= 0.3 is 0 Å². The Labute approximate surface area is 143 Å². The molecule has 124 valence electrons. The number of hydrogen-bond donors (Lipinski definition) is 1. The van der Waals surface area contributed by atoms with Crippen LogP contribution in [-0.4, -0.2) is 36.5 Å². The van der Waals surface area contributed by atoms with E-state index in [1.165, 1.54) is 7.11 Å². The monoisotopic (exact) mass is 381 g/mol. The van der Waals surface area contributed by atoms with Crippen molar-refractivity contribution in [3.63, 3.8) is 0 Å². The number of hydrogen-bond acceptors (Lipinski definition) is 4. The van der Waals surface area contributed by atoms with Crippen LogP contribution in [0.3, 0.4) is 0 Å². The molecule has 2 aromatic rings. The fourth-order valence-corrected chi connectivity index (χ4v) is 2.45. The number of aryl methyl sites for hydroxylation is 2. The molecule has 0 saturated heterocycles. The lowest BCUT2D eigenvalue weighted by molar-refractivity contribution is 0.0949. The minimum absolute atomic E-state index is 0.165. The Balaban J connectivity index is 1.87. The van der Waals surface area contributed by atoms with Gasteiger partial charge in [-0.2, -0.15) is 5.10 Å². The van der Waals surface area contributed by atoms with Gasteiger partial charge in [0, 0.05) is 25.4 Å². The van der Waals surface area contributed by atoms with Crippen molar-refractivity contribution in [3.8, 4) is 11.5 Å². The third-order valence-electron chi connectivity index (χ3n) is 3.39. The minimum Gasteiger partial charge on any atom is -0.497 e. The number of aromatic nitrogens is 2. The van der Waals surface area contributed by atoms with E-state index in [4.69, 9.17) is 9.47 Å². The van der Waals surface area contributed by atoms with E-state index in [-0.39, 0.29) is 5.91 Å². The molecule has 1 aromatic heterocycles. The molecule has 2 rings (SSSR count). The molecule has 23 heavy (non-hydrogen) atoms. The highest BCUT2D eigenvalue weighted by Gasteiger charge is 2.12. The predicted octanol–water partition coefficient (Wildman–Crippen LogP) is 2.79. The highest BCUT2D eigenvalue weighted by molar-refractivity contribution is 9.10. The van der Waals surface area contributed by atoms with Crippen molar-refractivity contribution in [2.45, 2.75) is 19.9 Å². The fraction of sp³-hybridized carbons (Fsp3) is 0.375. The number of halogens is 1. The third kappa shape index (κ3) is 4.48. The van der Waals surface area contributed by atoms with Crippen LogP contribution in [-0.2, 0) is 6.54 Å². The second-order valence-electron chi connectivity index (χ2n) is 5.00. The van der Waals surface area contributed by atoms with Crippen LogP contribution in [0.15, 0.2) is 28.9 Å². The molecule has 1 N–H and O–H groups in total. The third-order valence-corrected chi connectivity index (χ3v) is 4.17. The molecule has 0 fully saturated rings. The van der Waals surface area contributed by atoms with Crippen LogP contribution < -0.4 is 14.8 Å². The van der Waals surface area contributed by atoms with Crippen molar-refractivity contribution in [3.05, 3.63) is 40.1 Å². The van der Waals surface area contributed by atoms with Gasteiger partial charge in [0.25, 0.3) is 5.91 Å². The van der Waals surface area contributed by atoms with E-state index in [9.17, 15) is 4.79 Å². The van der Waals surface area contributed by atoms with Crippen LogP contribution >= 0.6 is 15.9 Å². The van der Waals surface area contributed by atoms with E-state index in [0.717, 1.165) is 23.1 Å². The lowest BCUT2D eigenvalue weighted by Gasteiger charge is -2.10. The molecule has 0 spiro atoms. The standard InChI is InChI=1S/C16H20BrN3O3/c1-11-14(17)10-20(19-11)8-4-7-18-16(21)13-6-5-12(22-2)9-15(13)23-3/h5-6,9-10H,4,7-8H2,1-3H3,(H,18,21). The Hall–Kier alpha value is -2.02. The first-order chi connectivity index (χ1) is 11.0. The quantitative estimate of drug-likeness (QED) is 0.748. The summed E-state index contributed by atoms with van der Waals surface area (Å²) in [7, 11) is 3.10. The van der Waals surface area contributed by atoms with Crippen molar-refractivity contribution >= 4 is 21.8 Å². The van der Waals surface area contributed by atoms with Gasteiger partial charge < -0.3 is 14.8 Å². The molecule has 0 radical (unpaired) electrons. The summed E-state index contributed by atoms with van der Waals surface area (Å²) in [5.74, 6) is 0.980. The molecule has 0 bridgehead atoms. The van der Waals surface area contributed by atoms with E-state index in [1.54, 1.807) is 25.3 Å². The maximum absolute atomic E-state index is 12.2. The SMILES string of the molecule is COc1ccc(C(=O)NCCCn2cc(Br)c(C)n2)c(OC)c1. The molecule has 0 unspecified atom stereocenters. The first-order valence-electron chi connectivity index (χ1n) is 7.25. The molecule has 7 heteroatoms. The lowest BCUT2D eigenvalue weighted by Crippen LogP contribution is -2.25. The Kier molecular flexibility index (Phi) is 6.04. The molecule has 1 amide bonds. The van der Waals surface area contributed by atoms with Crippen molar-refractivity contribution in [1.82, 2.24) is 15.1 Å². The van der Waals surface area contributed by atoms with Crippen molar-refractivity contribution in [2.75, 3.05) is 20.8 Å². The minimum atomic E-state index is -0.165. The molecule has 1 aromatic carbocycles. The molecule has 0 aliphatic heterocycles. The van der Waals surface area contributed by atoms with E-state index < -0.39 is 0 Å². The van der Waals surface area contributed by atoms with Gasteiger partial charge in [0.15, 0.2) is 0 Å². The summed E-state index contributed by atoms with van der Waals surface area (Å²) in [6, 6.07) is 5.13. The van der Waals surface area contributed by atoms with Gasteiger partial charge in [-0.25, -0.2) is 0 Å². The van der Waals surface area contributed by atoms with E-state index in [2.05, 4.69) is 26.3 Å². The molecule has 0 atom stereocenters. The fourth-order valence-electron chi connectivity index (χ4n) is 2.13. The summed E-state index contributed by atoms with van der Waals surface area (Å²) in [4.78, 5) is 12.2. The Morgan fingerprint density at radius 2 is 2.13 bits per heavy atom. The summed E-state index contributed by atoms with van der Waals surface area (Å²) in [5.41, 5.74) is 1.45. The summed E-state index contributed by atoms with van der Waals surface area (Å²) >= 11 is 3.43. The van der Waals surface area contributed by atoms with Gasteiger partial charge in [0.1, 0.15) is 11.5 Å². The maximum Gasteiger partial charge on any atom is 0.255 e. The zero-order chi connectivity index (χ0) is 16.8. The number of rotatable bonds is 7. The van der Waals surface area contributed by atoms with Crippen LogP contribution in [0.5, 0.6) is 11.5 Å². The average molecular weight is 382 g/mol. The van der Waals surface area contributed by atoms with Crippen LogP contribution in [0.4, 0.5) is 0 Å². The van der Waals surface area contributed by atoms with Crippen molar-refractivity contribution in [2.24, 2.45) is 0 Å². The lowest BCUT2D eigenvalue weighted by atomic mass is 10.1. The number of ether oxygens (including phenoxy) is 2. The van der Waals surface area contributed by atoms with Crippen LogP contribution in [0.1, 0.15) is 22.5 Å². The summed E-state index contributed by atoms with van der Waals surface area (Å²) in [5, 5.41) is 7.24. The summed E-state index contributed by atoms with van der Waals surface area (Å²) in [6.45, 7) is 3.25. The highest BCUT2D eigenvalue weighted by atomic mass is 79.9. The molecule has 6 nitrogen and oxygen atoms in total. The highest BCUT2D eigenvalue weighted by Crippen LogP contribution is 2.24. The first-order valence-corrected chi connectivity index (χ1v) is 8.04. The van der Waals surface area contributed by atoms with Gasteiger partial charge in [-0.15, -0.1) is 0 Å². The Morgan fingerprint density at radius 3 is 2.74 bits per heavy atom. The second kappa shape index (κ2) is 8.01. The predicted molar refractivity (Wildman–Crippen MR) is 91.2 cm³/mol. The van der Waals surface area contributed by atoms with Gasteiger partial charge in [0.2, 0.25) is 0 Å². The number of nitrogens with one attached hydrogen (secondary N) is 1. The van der Waals surface area contributed by atoms with Crippen LogP contribution in [0, 0.1) is 6.92 Å². The molecule has 0 aliphatic carbocycles. The molecule has 0 aliphatic rings. The Bertz CT molecular complexity index is 666. The molecule has 0 saturated carbocycles. The Morgan fingerprint density at radius 1 is 1.35 bits per heavy atom. The van der Waals surface area contributed by atoms with Gasteiger partial charge in [-0.3, -0.25) is 9.48 Å². The van der Waals surface area contributed by atoms with Gasteiger partial charge in [-0.05, 0) is 41.4 Å². The van der Waals surface area contributed by atoms with Crippen molar-refractivity contribution in [1.29, 1.82) is 0 Å². The second-order valence-corrected chi connectivity index (χ2v) is 5.86. The van der Waals surface area contributed by atoms with Crippen LogP contribution in [0.2, 0.25) is 0 Å². The van der Waals surface area contributed by atoms with E-state index >= 15 is 0 Å². The normalized spacial score (nSPS) is 10.4. The van der Waals surface area contributed by atoms with E-state index in [0.29, 0.717) is 23.6 Å². The number of carbonyl (C=O) groups excluding carboxylic acids is 1. The largest absolute Gasteiger partial charge is 0.497 e. The number of carbonyl (C=O) groups is 1. The number of methoxy groups -OCH3 is 2. The first kappa shape index (κ1) is 17.3. The molecular weight excluding hydrogens is 362 g/mol. The van der Waals surface area contributed by atoms with Crippen LogP contribution in [0.25, 0.3) is 0 Å². The average Bonchev–Trinajstić information content (AvgIpc) is 2.88. The molecule has 1 heterocycles. The summed E-state index contributed by atoms with van der Waals surface area (Å²) in [6.07, 6.45) is 2.72. The van der Waals surface area contributed by atoms with E-state index in [1.807, 2.05) is 17.8 Å². The number of benzene rings is 1. The van der Waals surface area contributed by atoms with Gasteiger partial charge in [-0.1, -0.05) is 0 Å². The smallest absolute Gasteiger partial charge is 0.255 e. The van der Waals surface area contributed by atoms with Crippen molar-refractivity contribution < 1.29 is 14.3 Å². The van der Waals surface area contributed by atoms with Gasteiger partial charge in [0.05, 0.1) is 29.9 Å². The zero-order valence-electron chi connectivity index (χ0n) is 13.4. The number of amides is 1.